The van der Waals surface area contributed by atoms with Crippen molar-refractivity contribution in [3.8, 4) is 5.40 Å². The topological polar surface area (TPSA) is 23.8 Å². The van der Waals surface area contributed by atoms with E-state index in [9.17, 15) is 0 Å². The molecule has 0 rings (SSSR count). The first-order valence-electron chi connectivity index (χ1n) is 0.428. The van der Waals surface area contributed by atoms with Crippen LogP contribution in [-0.4, -0.2) is 0 Å². The summed E-state index contributed by atoms with van der Waals surface area (Å²) in [5.41, 5.74) is 0. The fourth-order valence-corrected chi connectivity index (χ4v) is 0. The van der Waals surface area contributed by atoms with Gasteiger partial charge in [-0.3, -0.25) is 0 Å². The van der Waals surface area contributed by atoms with Crippen LogP contribution in [0.25, 0.3) is 0 Å². The van der Waals surface area contributed by atoms with Crippen LogP contribution in [-0.2, 0) is 12.6 Å². The molecule has 0 unspecified atom stereocenters. The molecule has 0 spiro atoms. The predicted octanol–water partition coefficient (Wildman–Crippen LogP) is -2.98. The monoisotopic (exact) mass is 98.9 g/mol. The molecule has 0 aromatic carbocycles. The van der Waals surface area contributed by atoms with Crippen LogP contribution in [0.3, 0.4) is 0 Å². The van der Waals surface area contributed by atoms with Gasteiger partial charge < -0.3 is 12.6 Å². The van der Waals surface area contributed by atoms with Gasteiger partial charge in [-0.15, -0.1) is 0 Å². The Labute approximate surface area is 73.2 Å². The molecule has 0 aliphatic rings. The van der Waals surface area contributed by atoms with Crippen LogP contribution in [0.4, 0.5) is 0 Å². The molecule has 0 N–H and O–H groups in total. The van der Waals surface area contributed by atoms with E-state index in [1.807, 2.05) is 0 Å². The second kappa shape index (κ2) is 8.84. The van der Waals surface area contributed by atoms with Crippen molar-refractivity contribution in [2.75, 3.05) is 0 Å². The van der Waals surface area contributed by atoms with E-state index in [0.717, 1.165) is 0 Å². The minimum atomic E-state index is 0. The SMILES string of the molecule is N#[14C][S-].[K+]. The molecule has 0 aliphatic carbocycles. The van der Waals surface area contributed by atoms with Gasteiger partial charge in [-0.2, -0.15) is 0 Å². The van der Waals surface area contributed by atoms with Crippen LogP contribution in [0.1, 0.15) is 0 Å². The number of nitriles is 1. The normalized spacial score (nSPS) is 1.75. The van der Waals surface area contributed by atoms with Gasteiger partial charge in [0.2, 0.25) is 0 Å². The first kappa shape index (κ1) is 9.02. The van der Waals surface area contributed by atoms with Crippen LogP contribution in [0.2, 0.25) is 0 Å². The first-order chi connectivity index (χ1) is 1.41. The number of hydrogen-bond donors (Lipinski definition) is 0. The average molecular weight is 99.2 g/mol. The molecule has 16 valence electrons. The maximum atomic E-state index is 7.13. The Morgan fingerprint density at radius 3 is 1.75 bits per heavy atom. The van der Waals surface area contributed by atoms with Crippen molar-refractivity contribution < 1.29 is 51.4 Å². The molecule has 4 heavy (non-hydrogen) atoms. The molecule has 3 heteroatoms. The van der Waals surface area contributed by atoms with Crippen molar-refractivity contribution in [1.82, 2.24) is 0 Å². The predicted molar refractivity (Wildman–Crippen MR) is 13.0 cm³/mol. The summed E-state index contributed by atoms with van der Waals surface area (Å²) in [4.78, 5) is 0. The standard InChI is InChI=1S/CHNS.K/c2-1-3;/h3H;/q;+1/p-1/i1+2;. The van der Waals surface area contributed by atoms with Gasteiger partial charge in [-0.1, -0.05) is 5.40 Å². The minimum Gasteiger partial charge on any atom is -0.696 e. The molecule has 0 saturated heterocycles. The van der Waals surface area contributed by atoms with E-state index in [0.29, 0.717) is 0 Å². The quantitative estimate of drug-likeness (QED) is 0.184. The van der Waals surface area contributed by atoms with Crippen molar-refractivity contribution in [3.63, 3.8) is 0 Å². The fourth-order valence-electron chi connectivity index (χ4n) is 0. The number of hydrogen-bond acceptors (Lipinski definition) is 2. The molecule has 0 fully saturated rings. The van der Waals surface area contributed by atoms with Crippen molar-refractivity contribution in [1.29, 1.82) is 5.26 Å². The van der Waals surface area contributed by atoms with Crippen LogP contribution < -0.4 is 51.4 Å². The molecule has 0 heterocycles. The van der Waals surface area contributed by atoms with Gasteiger partial charge in [0.1, 0.15) is 0 Å². The molecule has 0 atom stereocenters. The van der Waals surface area contributed by atoms with E-state index in [-0.39, 0.29) is 51.4 Å². The Balaban J connectivity index is 0. The Bertz CT molecular complexity index is 29.5. The molecule has 0 radical (unpaired) electrons. The van der Waals surface area contributed by atoms with Gasteiger partial charge in [0.25, 0.3) is 0 Å². The largest absolute Gasteiger partial charge is 1.00 e. The minimum absolute atomic E-state index is 0. The summed E-state index contributed by atoms with van der Waals surface area (Å²) in [5.74, 6) is 0. The van der Waals surface area contributed by atoms with Gasteiger partial charge in [0, 0.05) is 0 Å². The third-order valence-electron chi connectivity index (χ3n) is 0. The van der Waals surface area contributed by atoms with Crippen molar-refractivity contribution in [2.24, 2.45) is 0 Å². The zero-order chi connectivity index (χ0) is 2.71. The van der Waals surface area contributed by atoms with Gasteiger partial charge in [-0.05, 0) is 0 Å². The summed E-state index contributed by atoms with van der Waals surface area (Å²) in [5, 5.41) is 8.47. The first-order valence-corrected chi connectivity index (χ1v) is 0.836. The molecule has 0 aromatic heterocycles. The third kappa shape index (κ3) is 10.2. The second-order valence-corrected chi connectivity index (χ2v) is 0.274. The van der Waals surface area contributed by atoms with E-state index in [1.54, 1.807) is 0 Å². The van der Waals surface area contributed by atoms with Gasteiger partial charge >= 0.3 is 51.4 Å². The van der Waals surface area contributed by atoms with E-state index in [1.165, 1.54) is 5.40 Å². The van der Waals surface area contributed by atoms with E-state index < -0.39 is 0 Å². The summed E-state index contributed by atoms with van der Waals surface area (Å²) in [6.07, 6.45) is 0. The fraction of sp³-hybridized carbons (Fsp3) is 0. The summed E-state index contributed by atoms with van der Waals surface area (Å²) in [6, 6.07) is 0. The third-order valence-corrected chi connectivity index (χ3v) is 0. The average Bonchev–Trinajstić information content (AvgIpc) is 0.918. The Morgan fingerprint density at radius 2 is 1.75 bits per heavy atom. The zero-order valence-corrected chi connectivity index (χ0v) is 6.30. The summed E-state index contributed by atoms with van der Waals surface area (Å²) >= 11 is 3.70. The number of rotatable bonds is 0. The molecule has 0 amide bonds. The molecule has 0 saturated carbocycles. The van der Waals surface area contributed by atoms with Gasteiger partial charge in [0.05, 0.1) is 0 Å². The van der Waals surface area contributed by atoms with Crippen molar-refractivity contribution in [2.45, 2.75) is 0 Å². The Morgan fingerprint density at radius 1 is 1.75 bits per heavy atom. The Hall–Kier alpha value is 1.35. The number of thiocyanates is 1. The van der Waals surface area contributed by atoms with Crippen molar-refractivity contribution in [3.05, 3.63) is 0 Å². The zero-order valence-electron chi connectivity index (χ0n) is 2.36. The van der Waals surface area contributed by atoms with E-state index >= 15 is 0 Å². The number of nitrogens with zero attached hydrogens (tertiary/aromatic N) is 1. The van der Waals surface area contributed by atoms with E-state index in [2.05, 4.69) is 12.6 Å². The summed E-state index contributed by atoms with van der Waals surface area (Å²) in [6.45, 7) is 0. The van der Waals surface area contributed by atoms with Crippen LogP contribution in [0.5, 0.6) is 0 Å². The molecule has 0 aliphatic heterocycles. The molecule has 0 bridgehead atoms. The maximum Gasteiger partial charge on any atom is 1.00 e. The molecular weight excluding hydrogens is 99.2 g/mol. The Kier molecular flexibility index (Phi) is 19.9. The smallest absolute Gasteiger partial charge is 0.696 e. The van der Waals surface area contributed by atoms with Gasteiger partial charge in [-0.25, -0.2) is 5.26 Å². The van der Waals surface area contributed by atoms with E-state index in [4.69, 9.17) is 5.26 Å². The van der Waals surface area contributed by atoms with Crippen LogP contribution in [0.15, 0.2) is 0 Å². The molecule has 0 aromatic rings. The summed E-state index contributed by atoms with van der Waals surface area (Å²) in [7, 11) is 0. The molecule has 1 nitrogen and oxygen atoms in total. The van der Waals surface area contributed by atoms with Crippen molar-refractivity contribution >= 4 is 12.6 Å². The summed E-state index contributed by atoms with van der Waals surface area (Å²) < 4.78 is 0. The van der Waals surface area contributed by atoms with Crippen LogP contribution in [0, 0.1) is 10.7 Å². The maximum absolute atomic E-state index is 7.13. The second-order valence-electron chi connectivity index (χ2n) is 0.0913. The van der Waals surface area contributed by atoms with Crippen LogP contribution >= 0.6 is 0 Å². The molecular formula is CKNS. The van der Waals surface area contributed by atoms with Gasteiger partial charge in [0.15, 0.2) is 0 Å².